The van der Waals surface area contributed by atoms with E-state index in [9.17, 15) is 18.0 Å². The highest BCUT2D eigenvalue weighted by atomic mass is 35.5. The van der Waals surface area contributed by atoms with Crippen molar-refractivity contribution in [2.45, 2.75) is 69.7 Å². The number of sulfonamides is 1. The molecule has 0 aromatic heterocycles. The molecule has 4 aliphatic rings. The Morgan fingerprint density at radius 2 is 1.88 bits per heavy atom. The number of anilines is 1. The Balaban J connectivity index is 0.000000523. The van der Waals surface area contributed by atoms with Gasteiger partial charge in [0.1, 0.15) is 12.0 Å². The summed E-state index contributed by atoms with van der Waals surface area (Å²) in [7, 11) is -0.177. The molecule has 1 spiro atoms. The minimum absolute atomic E-state index is 0.0174. The van der Waals surface area contributed by atoms with Crippen LogP contribution in [0.3, 0.4) is 0 Å². The van der Waals surface area contributed by atoms with Gasteiger partial charge in [-0.3, -0.25) is 4.79 Å². The van der Waals surface area contributed by atoms with E-state index >= 15 is 0 Å². The van der Waals surface area contributed by atoms with Gasteiger partial charge in [0.2, 0.25) is 10.0 Å². The summed E-state index contributed by atoms with van der Waals surface area (Å²) in [4.78, 5) is 29.6. The molecular formula is C37H52ClN3O7S. The molecule has 0 radical (unpaired) electrons. The molecule has 0 saturated heterocycles. The van der Waals surface area contributed by atoms with Crippen molar-refractivity contribution in [2.75, 3.05) is 57.7 Å². The second-order valence-electron chi connectivity index (χ2n) is 14.8. The summed E-state index contributed by atoms with van der Waals surface area (Å²) in [5.74, 6) is 0.495. The number of aldehydes is 1. The lowest BCUT2D eigenvalue weighted by molar-refractivity contribution is -0.115. The molecule has 2 heterocycles. The molecule has 1 fully saturated rings. The molecule has 2 bridgehead atoms. The predicted octanol–water partition coefficient (Wildman–Crippen LogP) is 4.44. The molecule has 2 aromatic carbocycles. The normalized spacial score (nSPS) is 28.2. The van der Waals surface area contributed by atoms with Gasteiger partial charge in [-0.15, -0.1) is 0 Å². The average molecular weight is 718 g/mol. The summed E-state index contributed by atoms with van der Waals surface area (Å²) in [6.07, 6.45) is 8.47. The number of aryl methyl sites for hydroxylation is 1. The fourth-order valence-electron chi connectivity index (χ4n) is 8.09. The monoisotopic (exact) mass is 717 g/mol. The fraction of sp³-hybridized carbons (Fsp3) is 0.622. The molecule has 2 aliphatic carbocycles. The third-order valence-electron chi connectivity index (χ3n) is 11.1. The number of hydrogen-bond acceptors (Lipinski definition) is 9. The number of amides is 1. The molecule has 6 rings (SSSR count). The molecule has 5 atom stereocenters. The highest BCUT2D eigenvalue weighted by Crippen LogP contribution is 2.47. The van der Waals surface area contributed by atoms with Gasteiger partial charge in [-0.05, 0) is 118 Å². The van der Waals surface area contributed by atoms with Crippen LogP contribution in [0.5, 0.6) is 5.75 Å². The van der Waals surface area contributed by atoms with E-state index in [1.807, 2.05) is 27.1 Å². The van der Waals surface area contributed by atoms with E-state index in [2.05, 4.69) is 21.8 Å². The number of benzene rings is 2. The number of hydrogen-bond donors (Lipinski definition) is 3. The molecule has 1 amide bonds. The Bertz CT molecular complexity index is 1580. The Morgan fingerprint density at radius 1 is 1.10 bits per heavy atom. The first-order valence-corrected chi connectivity index (χ1v) is 19.6. The van der Waals surface area contributed by atoms with Crippen molar-refractivity contribution in [2.24, 2.45) is 23.7 Å². The first kappa shape index (κ1) is 37.6. The number of nitrogens with zero attached hydrogens (tertiary/aromatic N) is 2. The summed E-state index contributed by atoms with van der Waals surface area (Å²) in [6.45, 7) is 3.90. The maximum atomic E-state index is 13.2. The average Bonchev–Trinajstić information content (AvgIpc) is 3.19. The summed E-state index contributed by atoms with van der Waals surface area (Å²) in [5.41, 5.74) is 3.38. The highest BCUT2D eigenvalue weighted by molar-refractivity contribution is 7.90. The first-order valence-electron chi connectivity index (χ1n) is 17.6. The largest absolute Gasteiger partial charge is 0.490 e. The molecule has 270 valence electrons. The van der Waals surface area contributed by atoms with Crippen LogP contribution in [0.25, 0.3) is 0 Å². The Kier molecular flexibility index (Phi) is 12.3. The molecule has 12 heteroatoms. The summed E-state index contributed by atoms with van der Waals surface area (Å²) >= 11 is 6.38. The van der Waals surface area contributed by atoms with E-state index in [1.165, 1.54) is 11.1 Å². The second-order valence-corrected chi connectivity index (χ2v) is 17.0. The number of likely N-dealkylation sites (N-methyl/N-ethyl adjacent to an activating group) is 1. The van der Waals surface area contributed by atoms with Gasteiger partial charge in [0.05, 0.1) is 37.3 Å². The molecule has 2 aliphatic heterocycles. The number of aliphatic hydroxyl groups is 2. The molecule has 2 aromatic rings. The van der Waals surface area contributed by atoms with Crippen LogP contribution in [0.4, 0.5) is 5.69 Å². The van der Waals surface area contributed by atoms with Crippen molar-refractivity contribution in [1.29, 1.82) is 0 Å². The second kappa shape index (κ2) is 16.1. The summed E-state index contributed by atoms with van der Waals surface area (Å²) in [6, 6.07) is 11.3. The molecular weight excluding hydrogens is 666 g/mol. The first-order chi connectivity index (χ1) is 23.4. The van der Waals surface area contributed by atoms with Crippen LogP contribution < -0.4 is 14.4 Å². The van der Waals surface area contributed by atoms with Crippen molar-refractivity contribution < 1.29 is 33.0 Å². The summed E-state index contributed by atoms with van der Waals surface area (Å²) in [5, 5.41) is 17.7. The quantitative estimate of drug-likeness (QED) is 0.393. The van der Waals surface area contributed by atoms with Crippen LogP contribution in [-0.2, 0) is 26.7 Å². The number of carbonyl (C=O) groups excluding carboxylic acids is 2. The van der Waals surface area contributed by atoms with Gasteiger partial charge < -0.3 is 29.5 Å². The Labute approximate surface area is 296 Å². The number of halogens is 1. The number of aliphatic hydroxyl groups excluding tert-OH is 2. The minimum atomic E-state index is -3.81. The van der Waals surface area contributed by atoms with Crippen LogP contribution >= 0.6 is 11.6 Å². The zero-order chi connectivity index (χ0) is 35.3. The van der Waals surface area contributed by atoms with E-state index in [-0.39, 0.29) is 42.3 Å². The molecule has 1 unspecified atom stereocenters. The zero-order valence-electron chi connectivity index (χ0n) is 28.9. The van der Waals surface area contributed by atoms with E-state index in [4.69, 9.17) is 26.6 Å². The van der Waals surface area contributed by atoms with Gasteiger partial charge >= 0.3 is 0 Å². The maximum absolute atomic E-state index is 13.2. The lowest BCUT2D eigenvalue weighted by Gasteiger charge is -2.46. The molecule has 3 N–H and O–H groups in total. The number of carbonyl (C=O) groups is 2. The SMILES string of the molecule is CN(C)C(CO)CO.C[C@H]1CCCC(C=O)[C@@H]2CC[C@H]2CN2C[C@@]3(CCCc4cc(Cl)ccc43)COc3ccc(cc32)C(=O)NS(=O)(=O)C1. The third-order valence-corrected chi connectivity index (χ3v) is 12.8. The number of fused-ring (bicyclic) bond motifs is 4. The minimum Gasteiger partial charge on any atom is -0.490 e. The van der Waals surface area contributed by atoms with Crippen molar-refractivity contribution in [3.63, 3.8) is 0 Å². The van der Waals surface area contributed by atoms with E-state index in [0.717, 1.165) is 68.5 Å². The Hall–Kier alpha value is -2.70. The van der Waals surface area contributed by atoms with Crippen molar-refractivity contribution >= 4 is 39.5 Å². The van der Waals surface area contributed by atoms with Crippen molar-refractivity contribution in [3.8, 4) is 5.75 Å². The smallest absolute Gasteiger partial charge is 0.264 e. The van der Waals surface area contributed by atoms with Crippen LogP contribution in [0, 0.1) is 23.7 Å². The zero-order valence-corrected chi connectivity index (χ0v) is 30.5. The standard InChI is InChI=1S/C32H39ClN2O5S.C5H13NO2/c1-21-4-2-5-25(17-36)27-10-7-24(27)16-35-19-32(13-3-6-22-14-26(33)9-11-28(22)32)20-40-30-12-8-23(15-29(30)35)31(37)34-41(38,39)18-21;1-6(2)5(3-7)4-8/h8-9,11-12,14-15,17,21,24-25,27H,2-7,10,13,16,18-20H2,1H3,(H,34,37);5,7-8H,3-4H2,1-2H3/t21-,24-,25?,27+,32-;/m0./s1. The van der Waals surface area contributed by atoms with Gasteiger partial charge in [-0.2, -0.15) is 0 Å². The van der Waals surface area contributed by atoms with Crippen LogP contribution in [0.15, 0.2) is 36.4 Å². The van der Waals surface area contributed by atoms with Crippen molar-refractivity contribution in [1.82, 2.24) is 9.62 Å². The lowest BCUT2D eigenvalue weighted by Crippen LogP contribution is -2.49. The fourth-order valence-corrected chi connectivity index (χ4v) is 9.69. The maximum Gasteiger partial charge on any atom is 0.264 e. The van der Waals surface area contributed by atoms with Crippen LogP contribution in [-0.4, -0.2) is 94.5 Å². The van der Waals surface area contributed by atoms with E-state index < -0.39 is 15.9 Å². The van der Waals surface area contributed by atoms with Gasteiger partial charge in [0.15, 0.2) is 0 Å². The topological polar surface area (TPSA) is 136 Å². The number of nitrogens with one attached hydrogen (secondary N) is 1. The van der Waals surface area contributed by atoms with Crippen molar-refractivity contribution in [3.05, 3.63) is 58.1 Å². The van der Waals surface area contributed by atoms with Gasteiger partial charge in [0, 0.05) is 35.0 Å². The van der Waals surface area contributed by atoms with E-state index in [1.54, 1.807) is 23.1 Å². The summed E-state index contributed by atoms with van der Waals surface area (Å²) < 4.78 is 34.6. The van der Waals surface area contributed by atoms with Gasteiger partial charge in [0.25, 0.3) is 5.91 Å². The predicted molar refractivity (Wildman–Crippen MR) is 192 cm³/mol. The van der Waals surface area contributed by atoms with Gasteiger partial charge in [-0.1, -0.05) is 31.0 Å². The highest BCUT2D eigenvalue weighted by Gasteiger charge is 2.44. The van der Waals surface area contributed by atoms with Crippen LogP contribution in [0.2, 0.25) is 5.02 Å². The van der Waals surface area contributed by atoms with E-state index in [0.29, 0.717) is 42.7 Å². The Morgan fingerprint density at radius 3 is 2.53 bits per heavy atom. The molecule has 10 nitrogen and oxygen atoms in total. The third kappa shape index (κ3) is 8.79. The molecule has 49 heavy (non-hydrogen) atoms. The van der Waals surface area contributed by atoms with Gasteiger partial charge in [-0.25, -0.2) is 13.1 Å². The number of rotatable bonds is 4. The number of ether oxygens (including phenoxy) is 1. The lowest BCUT2D eigenvalue weighted by atomic mass is 9.65. The van der Waals surface area contributed by atoms with Crippen LogP contribution in [0.1, 0.15) is 73.4 Å². The molecule has 1 saturated carbocycles.